The van der Waals surface area contributed by atoms with Crippen molar-refractivity contribution in [1.82, 2.24) is 20.3 Å². The zero-order valence-electron chi connectivity index (χ0n) is 13.1. The highest BCUT2D eigenvalue weighted by Crippen LogP contribution is 2.19. The van der Waals surface area contributed by atoms with Gasteiger partial charge in [-0.05, 0) is 26.7 Å². The predicted molar refractivity (Wildman–Crippen MR) is 79.5 cm³/mol. The minimum atomic E-state index is -0.0293. The lowest BCUT2D eigenvalue weighted by Crippen LogP contribution is -2.51. The van der Waals surface area contributed by atoms with Crippen molar-refractivity contribution in [2.75, 3.05) is 32.7 Å². The Morgan fingerprint density at radius 3 is 2.45 bits per heavy atom. The van der Waals surface area contributed by atoms with Gasteiger partial charge < -0.3 is 14.7 Å². The molecule has 1 saturated heterocycles. The summed E-state index contributed by atoms with van der Waals surface area (Å²) in [5.41, 5.74) is 1.20. The van der Waals surface area contributed by atoms with Gasteiger partial charge in [0.05, 0.1) is 12.2 Å². The number of hydrogen-bond acceptors (Lipinski definition) is 5. The zero-order valence-corrected chi connectivity index (χ0v) is 13.1. The number of carbonyl (C=O) groups is 2. The molecule has 7 nitrogen and oxygen atoms in total. The summed E-state index contributed by atoms with van der Waals surface area (Å²) in [7, 11) is 0. The summed E-state index contributed by atoms with van der Waals surface area (Å²) in [6.45, 7) is 6.64. The van der Waals surface area contributed by atoms with E-state index in [1.54, 1.807) is 13.8 Å². The molecular formula is C15H22N4O3. The average molecular weight is 306 g/mol. The highest BCUT2D eigenvalue weighted by molar-refractivity contribution is 5.96. The van der Waals surface area contributed by atoms with E-state index in [2.05, 4.69) is 15.4 Å². The molecule has 3 rings (SSSR count). The third-order valence-electron chi connectivity index (χ3n) is 4.22. The van der Waals surface area contributed by atoms with E-state index in [9.17, 15) is 9.59 Å². The molecule has 120 valence electrons. The van der Waals surface area contributed by atoms with E-state index in [0.717, 1.165) is 12.8 Å². The summed E-state index contributed by atoms with van der Waals surface area (Å²) in [4.78, 5) is 28.2. The Labute approximate surface area is 129 Å². The lowest BCUT2D eigenvalue weighted by molar-refractivity contribution is -0.122. The number of carbonyl (C=O) groups excluding carboxylic acids is 2. The van der Waals surface area contributed by atoms with Gasteiger partial charge in [0.1, 0.15) is 11.3 Å². The molecule has 1 aliphatic heterocycles. The molecule has 1 N–H and O–H groups in total. The first-order valence-corrected chi connectivity index (χ1v) is 7.78. The van der Waals surface area contributed by atoms with Crippen LogP contribution in [0.2, 0.25) is 0 Å². The highest BCUT2D eigenvalue weighted by Gasteiger charge is 2.28. The van der Waals surface area contributed by atoms with Gasteiger partial charge in [-0.15, -0.1) is 0 Å². The quantitative estimate of drug-likeness (QED) is 0.867. The molecule has 0 bridgehead atoms. The minimum absolute atomic E-state index is 0.0293. The molecule has 0 aromatic carbocycles. The van der Waals surface area contributed by atoms with Gasteiger partial charge in [-0.2, -0.15) is 0 Å². The standard InChI is InChI=1S/C15H22N4O3/c1-10-14(11(2)22-17-10)15(21)19-7-5-18(6-8-19)9-13(20)16-12-3-4-12/h12H,3-9H2,1-2H3,(H,16,20). The van der Waals surface area contributed by atoms with Crippen LogP contribution in [0, 0.1) is 13.8 Å². The maximum atomic E-state index is 12.5. The topological polar surface area (TPSA) is 78.7 Å². The highest BCUT2D eigenvalue weighted by atomic mass is 16.5. The number of nitrogens with zero attached hydrogens (tertiary/aromatic N) is 3. The second-order valence-electron chi connectivity index (χ2n) is 6.11. The normalized spacial score (nSPS) is 19.3. The first kappa shape index (κ1) is 15.0. The molecule has 2 amide bonds. The molecule has 22 heavy (non-hydrogen) atoms. The van der Waals surface area contributed by atoms with Crippen LogP contribution in [-0.2, 0) is 4.79 Å². The van der Waals surface area contributed by atoms with Crippen LogP contribution >= 0.6 is 0 Å². The van der Waals surface area contributed by atoms with Gasteiger partial charge in [0.2, 0.25) is 5.91 Å². The number of piperazine rings is 1. The van der Waals surface area contributed by atoms with E-state index in [1.807, 2.05) is 4.90 Å². The Bertz CT molecular complexity index is 552. The van der Waals surface area contributed by atoms with E-state index < -0.39 is 0 Å². The van der Waals surface area contributed by atoms with Gasteiger partial charge in [0, 0.05) is 32.2 Å². The zero-order chi connectivity index (χ0) is 15.7. The number of aromatic nitrogens is 1. The van der Waals surface area contributed by atoms with Crippen molar-refractivity contribution >= 4 is 11.8 Å². The van der Waals surface area contributed by atoms with Crippen LogP contribution in [0.4, 0.5) is 0 Å². The van der Waals surface area contributed by atoms with Crippen LogP contribution in [0.5, 0.6) is 0 Å². The van der Waals surface area contributed by atoms with Crippen LogP contribution in [0.1, 0.15) is 34.7 Å². The van der Waals surface area contributed by atoms with Gasteiger partial charge in [-0.25, -0.2) is 0 Å². The van der Waals surface area contributed by atoms with Crippen LogP contribution in [0.3, 0.4) is 0 Å². The summed E-state index contributed by atoms with van der Waals surface area (Å²) in [5, 5.41) is 6.82. The average Bonchev–Trinajstić information content (AvgIpc) is 3.23. The first-order chi connectivity index (χ1) is 10.5. The third kappa shape index (κ3) is 3.30. The molecule has 2 aliphatic rings. The Morgan fingerprint density at radius 2 is 1.91 bits per heavy atom. The minimum Gasteiger partial charge on any atom is -0.361 e. The van der Waals surface area contributed by atoms with Gasteiger partial charge in [0.15, 0.2) is 0 Å². The summed E-state index contributed by atoms with van der Waals surface area (Å²) >= 11 is 0. The van der Waals surface area contributed by atoms with Gasteiger partial charge in [-0.1, -0.05) is 5.16 Å². The molecule has 1 saturated carbocycles. The monoisotopic (exact) mass is 306 g/mol. The number of rotatable bonds is 4. The summed E-state index contributed by atoms with van der Waals surface area (Å²) in [5.74, 6) is 0.625. The van der Waals surface area contributed by atoms with Crippen molar-refractivity contribution in [3.63, 3.8) is 0 Å². The van der Waals surface area contributed by atoms with E-state index in [-0.39, 0.29) is 11.8 Å². The number of aryl methyl sites for hydroxylation is 2. The second-order valence-corrected chi connectivity index (χ2v) is 6.11. The molecule has 1 aliphatic carbocycles. The Kier molecular flexibility index (Phi) is 4.15. The largest absolute Gasteiger partial charge is 0.361 e. The fourth-order valence-corrected chi connectivity index (χ4v) is 2.76. The number of nitrogens with one attached hydrogen (secondary N) is 1. The molecule has 1 aromatic heterocycles. The molecule has 1 aromatic rings. The molecule has 7 heteroatoms. The first-order valence-electron chi connectivity index (χ1n) is 7.78. The number of hydrogen-bond donors (Lipinski definition) is 1. The molecule has 0 unspecified atom stereocenters. The maximum Gasteiger partial charge on any atom is 0.259 e. The van der Waals surface area contributed by atoms with E-state index in [1.165, 1.54) is 0 Å². The summed E-state index contributed by atoms with van der Waals surface area (Å²) in [6, 6.07) is 0.398. The smallest absolute Gasteiger partial charge is 0.259 e. The van der Waals surface area contributed by atoms with Crippen LogP contribution < -0.4 is 5.32 Å². The SMILES string of the molecule is Cc1noc(C)c1C(=O)N1CCN(CC(=O)NC2CC2)CC1. The maximum absolute atomic E-state index is 12.5. The lowest BCUT2D eigenvalue weighted by atomic mass is 10.1. The van der Waals surface area contributed by atoms with Crippen molar-refractivity contribution in [1.29, 1.82) is 0 Å². The predicted octanol–water partition coefficient (Wildman–Crippen LogP) is 0.328. The van der Waals surface area contributed by atoms with E-state index in [0.29, 0.717) is 55.8 Å². The van der Waals surface area contributed by atoms with Crippen molar-refractivity contribution in [2.24, 2.45) is 0 Å². The second kappa shape index (κ2) is 6.08. The van der Waals surface area contributed by atoms with Gasteiger partial charge in [0.25, 0.3) is 5.91 Å². The van der Waals surface area contributed by atoms with E-state index in [4.69, 9.17) is 4.52 Å². The summed E-state index contributed by atoms with van der Waals surface area (Å²) in [6.07, 6.45) is 2.21. The summed E-state index contributed by atoms with van der Waals surface area (Å²) < 4.78 is 5.06. The molecule has 2 heterocycles. The van der Waals surface area contributed by atoms with Crippen molar-refractivity contribution < 1.29 is 14.1 Å². The molecule has 0 radical (unpaired) electrons. The van der Waals surface area contributed by atoms with Crippen molar-refractivity contribution in [3.8, 4) is 0 Å². The Hall–Kier alpha value is -1.89. The van der Waals surface area contributed by atoms with Crippen LogP contribution in [-0.4, -0.2) is 65.5 Å². The molecule has 2 fully saturated rings. The fourth-order valence-electron chi connectivity index (χ4n) is 2.76. The van der Waals surface area contributed by atoms with Gasteiger partial charge in [-0.3, -0.25) is 14.5 Å². The molecular weight excluding hydrogens is 284 g/mol. The van der Waals surface area contributed by atoms with Crippen LogP contribution in [0.25, 0.3) is 0 Å². The Morgan fingerprint density at radius 1 is 1.23 bits per heavy atom. The third-order valence-corrected chi connectivity index (χ3v) is 4.22. The fraction of sp³-hybridized carbons (Fsp3) is 0.667. The van der Waals surface area contributed by atoms with Crippen molar-refractivity contribution in [3.05, 3.63) is 17.0 Å². The van der Waals surface area contributed by atoms with Crippen molar-refractivity contribution in [2.45, 2.75) is 32.7 Å². The molecule has 0 atom stereocenters. The number of amides is 2. The van der Waals surface area contributed by atoms with E-state index >= 15 is 0 Å². The lowest BCUT2D eigenvalue weighted by Gasteiger charge is -2.34. The van der Waals surface area contributed by atoms with Crippen LogP contribution in [0.15, 0.2) is 4.52 Å². The van der Waals surface area contributed by atoms with Gasteiger partial charge >= 0.3 is 0 Å². The molecule has 0 spiro atoms. The Balaban J connectivity index is 1.50.